The number of rotatable bonds is 6. The predicted octanol–water partition coefficient (Wildman–Crippen LogP) is 3.25. The van der Waals surface area contributed by atoms with Crippen molar-refractivity contribution in [2.75, 3.05) is 11.9 Å². The van der Waals surface area contributed by atoms with Gasteiger partial charge in [0.1, 0.15) is 5.82 Å². The summed E-state index contributed by atoms with van der Waals surface area (Å²) in [6.45, 7) is 4.70. The maximum Gasteiger partial charge on any atom is 0.257 e. The molecule has 2 amide bonds. The van der Waals surface area contributed by atoms with E-state index in [0.717, 1.165) is 6.42 Å². The standard InChI is InChI=1S/C18H20FN3O2/c1-12(2)7-8-21-17(23)13-9-14(11-20-10-13)18(24)22-16-6-4-3-5-15(16)19/h3-6,9-12H,7-8H2,1-2H3,(H,21,23)(H,22,24). The van der Waals surface area contributed by atoms with Crippen molar-refractivity contribution in [1.29, 1.82) is 0 Å². The van der Waals surface area contributed by atoms with Crippen molar-refractivity contribution in [3.63, 3.8) is 0 Å². The van der Waals surface area contributed by atoms with Crippen LogP contribution in [-0.4, -0.2) is 23.3 Å². The van der Waals surface area contributed by atoms with E-state index in [2.05, 4.69) is 29.5 Å². The molecule has 0 aliphatic carbocycles. The summed E-state index contributed by atoms with van der Waals surface area (Å²) in [6, 6.07) is 7.31. The van der Waals surface area contributed by atoms with E-state index >= 15 is 0 Å². The predicted molar refractivity (Wildman–Crippen MR) is 90.4 cm³/mol. The van der Waals surface area contributed by atoms with Gasteiger partial charge in [0.2, 0.25) is 0 Å². The van der Waals surface area contributed by atoms with Gasteiger partial charge in [-0.1, -0.05) is 26.0 Å². The van der Waals surface area contributed by atoms with E-state index in [1.54, 1.807) is 6.07 Å². The molecule has 2 N–H and O–H groups in total. The van der Waals surface area contributed by atoms with Gasteiger partial charge in [0.15, 0.2) is 0 Å². The zero-order valence-electron chi connectivity index (χ0n) is 13.7. The number of carbonyl (C=O) groups excluding carboxylic acids is 2. The van der Waals surface area contributed by atoms with Crippen molar-refractivity contribution in [1.82, 2.24) is 10.3 Å². The third-order valence-electron chi connectivity index (χ3n) is 3.39. The Bertz CT molecular complexity index is 732. The SMILES string of the molecule is CC(C)CCNC(=O)c1cncc(C(=O)Nc2ccccc2F)c1. The maximum atomic E-state index is 13.6. The summed E-state index contributed by atoms with van der Waals surface area (Å²) in [4.78, 5) is 28.2. The minimum absolute atomic E-state index is 0.0780. The molecule has 0 unspecified atom stereocenters. The number of nitrogens with zero attached hydrogens (tertiary/aromatic N) is 1. The Hall–Kier alpha value is -2.76. The van der Waals surface area contributed by atoms with Crippen molar-refractivity contribution >= 4 is 17.5 Å². The third kappa shape index (κ3) is 4.87. The lowest BCUT2D eigenvalue weighted by atomic mass is 10.1. The molecule has 0 saturated heterocycles. The molecule has 24 heavy (non-hydrogen) atoms. The van der Waals surface area contributed by atoms with Crippen LogP contribution in [-0.2, 0) is 0 Å². The molecule has 0 atom stereocenters. The van der Waals surface area contributed by atoms with Gasteiger partial charge < -0.3 is 10.6 Å². The first-order chi connectivity index (χ1) is 11.5. The summed E-state index contributed by atoms with van der Waals surface area (Å²) in [5.41, 5.74) is 0.559. The Morgan fingerprint density at radius 3 is 2.46 bits per heavy atom. The minimum atomic E-state index is -0.526. The Kier molecular flexibility index (Phi) is 6.01. The van der Waals surface area contributed by atoms with Crippen LogP contribution in [0.5, 0.6) is 0 Å². The third-order valence-corrected chi connectivity index (χ3v) is 3.39. The molecule has 1 heterocycles. The lowest BCUT2D eigenvalue weighted by molar-refractivity contribution is 0.0951. The van der Waals surface area contributed by atoms with Crippen LogP contribution >= 0.6 is 0 Å². The molecule has 1 aromatic heterocycles. The first-order valence-electron chi connectivity index (χ1n) is 7.76. The van der Waals surface area contributed by atoms with E-state index in [9.17, 15) is 14.0 Å². The molecule has 0 bridgehead atoms. The van der Waals surface area contributed by atoms with Gasteiger partial charge in [0.05, 0.1) is 16.8 Å². The summed E-state index contributed by atoms with van der Waals surface area (Å²) in [7, 11) is 0. The topological polar surface area (TPSA) is 71.1 Å². The number of amides is 2. The lowest BCUT2D eigenvalue weighted by Gasteiger charge is -2.09. The highest BCUT2D eigenvalue weighted by Crippen LogP contribution is 2.14. The zero-order valence-corrected chi connectivity index (χ0v) is 13.7. The number of carbonyl (C=O) groups is 2. The molecule has 0 spiro atoms. The summed E-state index contributed by atoms with van der Waals surface area (Å²) < 4.78 is 13.6. The lowest BCUT2D eigenvalue weighted by Crippen LogP contribution is -2.26. The fourth-order valence-corrected chi connectivity index (χ4v) is 2.02. The number of aromatic nitrogens is 1. The van der Waals surface area contributed by atoms with Gasteiger partial charge in [-0.25, -0.2) is 4.39 Å². The van der Waals surface area contributed by atoms with Crippen LogP contribution in [0.2, 0.25) is 0 Å². The summed E-state index contributed by atoms with van der Waals surface area (Å²) >= 11 is 0. The average Bonchev–Trinajstić information content (AvgIpc) is 2.56. The van der Waals surface area contributed by atoms with E-state index < -0.39 is 11.7 Å². The van der Waals surface area contributed by atoms with Crippen LogP contribution in [0, 0.1) is 11.7 Å². The van der Waals surface area contributed by atoms with E-state index in [1.165, 1.54) is 36.7 Å². The van der Waals surface area contributed by atoms with Crippen molar-refractivity contribution in [2.45, 2.75) is 20.3 Å². The highest BCUT2D eigenvalue weighted by Gasteiger charge is 2.13. The molecule has 126 valence electrons. The summed E-state index contributed by atoms with van der Waals surface area (Å²) in [6.07, 6.45) is 3.60. The van der Waals surface area contributed by atoms with Gasteiger partial charge in [-0.15, -0.1) is 0 Å². The molecular weight excluding hydrogens is 309 g/mol. The fourth-order valence-electron chi connectivity index (χ4n) is 2.02. The molecule has 0 radical (unpaired) electrons. The van der Waals surface area contributed by atoms with Crippen LogP contribution < -0.4 is 10.6 Å². The average molecular weight is 329 g/mol. The van der Waals surface area contributed by atoms with Crippen molar-refractivity contribution < 1.29 is 14.0 Å². The number of para-hydroxylation sites is 1. The van der Waals surface area contributed by atoms with Crippen molar-refractivity contribution in [3.05, 3.63) is 59.7 Å². The van der Waals surface area contributed by atoms with Crippen molar-refractivity contribution in [2.24, 2.45) is 5.92 Å². The number of hydrogen-bond acceptors (Lipinski definition) is 3. The Morgan fingerprint density at radius 2 is 1.79 bits per heavy atom. The Morgan fingerprint density at radius 1 is 1.12 bits per heavy atom. The first-order valence-corrected chi connectivity index (χ1v) is 7.76. The molecule has 0 saturated carbocycles. The molecule has 6 heteroatoms. The van der Waals surface area contributed by atoms with Gasteiger partial charge in [-0.2, -0.15) is 0 Å². The van der Waals surface area contributed by atoms with Gasteiger partial charge in [-0.05, 0) is 30.5 Å². The number of benzene rings is 1. The second-order valence-electron chi connectivity index (χ2n) is 5.83. The van der Waals surface area contributed by atoms with Crippen molar-refractivity contribution in [3.8, 4) is 0 Å². The van der Waals surface area contributed by atoms with Crippen LogP contribution in [0.4, 0.5) is 10.1 Å². The van der Waals surface area contributed by atoms with Gasteiger partial charge >= 0.3 is 0 Å². The summed E-state index contributed by atoms with van der Waals surface area (Å²) in [5.74, 6) is -0.851. The number of pyridine rings is 1. The number of anilines is 1. The summed E-state index contributed by atoms with van der Waals surface area (Å²) in [5, 5.41) is 5.25. The molecule has 2 rings (SSSR count). The van der Waals surface area contributed by atoms with E-state index in [-0.39, 0.29) is 17.2 Å². The van der Waals surface area contributed by atoms with Crippen LogP contribution in [0.3, 0.4) is 0 Å². The normalized spacial score (nSPS) is 10.5. The number of nitrogens with one attached hydrogen (secondary N) is 2. The van der Waals surface area contributed by atoms with Crippen LogP contribution in [0.1, 0.15) is 41.0 Å². The molecule has 2 aromatic rings. The molecule has 1 aromatic carbocycles. The van der Waals surface area contributed by atoms with Crippen LogP contribution in [0.25, 0.3) is 0 Å². The van der Waals surface area contributed by atoms with E-state index in [0.29, 0.717) is 18.0 Å². The zero-order chi connectivity index (χ0) is 17.5. The largest absolute Gasteiger partial charge is 0.352 e. The van der Waals surface area contributed by atoms with Gasteiger partial charge in [0, 0.05) is 18.9 Å². The molecule has 0 fully saturated rings. The smallest absolute Gasteiger partial charge is 0.257 e. The molecule has 0 aliphatic heterocycles. The molecule has 5 nitrogen and oxygen atoms in total. The van der Waals surface area contributed by atoms with E-state index in [1.807, 2.05) is 0 Å². The first kappa shape index (κ1) is 17.6. The van der Waals surface area contributed by atoms with Gasteiger partial charge in [0.25, 0.3) is 11.8 Å². The van der Waals surface area contributed by atoms with Gasteiger partial charge in [-0.3, -0.25) is 14.6 Å². The van der Waals surface area contributed by atoms with E-state index in [4.69, 9.17) is 0 Å². The Labute approximate surface area is 140 Å². The fraction of sp³-hybridized carbons (Fsp3) is 0.278. The molecule has 0 aliphatic rings. The minimum Gasteiger partial charge on any atom is -0.352 e. The highest BCUT2D eigenvalue weighted by molar-refractivity contribution is 6.05. The number of hydrogen-bond donors (Lipinski definition) is 2. The second-order valence-corrected chi connectivity index (χ2v) is 5.83. The maximum absolute atomic E-state index is 13.6. The van der Waals surface area contributed by atoms with Crippen LogP contribution in [0.15, 0.2) is 42.7 Å². The Balaban J connectivity index is 2.05. The molecular formula is C18H20FN3O2. The quantitative estimate of drug-likeness (QED) is 0.854. The number of halogens is 1. The highest BCUT2D eigenvalue weighted by atomic mass is 19.1. The monoisotopic (exact) mass is 329 g/mol. The second kappa shape index (κ2) is 8.19.